The number of benzene rings is 4. The Morgan fingerprint density at radius 1 is 0.478 bits per heavy atom. The molecule has 0 aliphatic heterocycles. The van der Waals surface area contributed by atoms with Gasteiger partial charge < -0.3 is 10.2 Å². The zero-order valence-electron chi connectivity index (χ0n) is 27.9. The molecule has 0 saturated heterocycles. The second kappa shape index (κ2) is 15.1. The number of aliphatic hydroxyl groups is 2. The molecule has 4 unspecified atom stereocenters. The molecule has 2 nitrogen and oxygen atoms in total. The van der Waals surface area contributed by atoms with Gasteiger partial charge in [-0.2, -0.15) is 0 Å². The Labute approximate surface area is 277 Å². The molecular weight excluding hydrogens is 560 g/mol. The van der Waals surface area contributed by atoms with Gasteiger partial charge in [-0.1, -0.05) is 154 Å². The second-order valence-corrected chi connectivity index (χ2v) is 14.4. The van der Waals surface area contributed by atoms with Crippen molar-refractivity contribution in [3.05, 3.63) is 144 Å². The lowest BCUT2D eigenvalue weighted by atomic mass is 9.50. The minimum absolute atomic E-state index is 0.103. The van der Waals surface area contributed by atoms with Crippen LogP contribution < -0.4 is 0 Å². The van der Waals surface area contributed by atoms with E-state index in [-0.39, 0.29) is 29.1 Å². The van der Waals surface area contributed by atoms with Gasteiger partial charge >= 0.3 is 0 Å². The van der Waals surface area contributed by atoms with Gasteiger partial charge in [0.2, 0.25) is 0 Å². The normalized spacial score (nSPS) is 29.6. The molecule has 2 aliphatic carbocycles. The van der Waals surface area contributed by atoms with Crippen LogP contribution in [-0.4, -0.2) is 22.4 Å². The van der Waals surface area contributed by atoms with E-state index < -0.39 is 12.2 Å². The van der Waals surface area contributed by atoms with Crippen LogP contribution >= 0.6 is 0 Å². The van der Waals surface area contributed by atoms with Crippen LogP contribution in [0.25, 0.3) is 0 Å². The van der Waals surface area contributed by atoms with E-state index in [1.165, 1.54) is 47.9 Å². The average molecular weight is 615 g/mol. The fourth-order valence-electron chi connectivity index (χ4n) is 9.81. The summed E-state index contributed by atoms with van der Waals surface area (Å²) in [6.07, 6.45) is 9.28. The number of hydrogen-bond acceptors (Lipinski definition) is 2. The van der Waals surface area contributed by atoms with Gasteiger partial charge in [-0.15, -0.1) is 0 Å². The van der Waals surface area contributed by atoms with Gasteiger partial charge in [0.1, 0.15) is 0 Å². The summed E-state index contributed by atoms with van der Waals surface area (Å²) in [5, 5.41) is 24.2. The van der Waals surface area contributed by atoms with Gasteiger partial charge in [-0.3, -0.25) is 0 Å². The minimum atomic E-state index is -0.409. The van der Waals surface area contributed by atoms with E-state index in [9.17, 15) is 10.2 Å². The maximum Gasteiger partial charge on any atom is 0.0677 e. The van der Waals surface area contributed by atoms with E-state index in [1.54, 1.807) is 0 Å². The Bertz CT molecular complexity index is 1250. The van der Waals surface area contributed by atoms with E-state index in [4.69, 9.17) is 0 Å². The molecular formula is C44H54O2. The third-order valence-corrected chi connectivity index (χ3v) is 12.2. The van der Waals surface area contributed by atoms with Crippen LogP contribution in [-0.2, 0) is 0 Å². The van der Waals surface area contributed by atoms with Crippen LogP contribution in [0.1, 0.15) is 118 Å². The van der Waals surface area contributed by atoms with Crippen molar-refractivity contribution in [2.45, 2.75) is 108 Å². The highest BCUT2D eigenvalue weighted by molar-refractivity contribution is 5.31. The van der Waals surface area contributed by atoms with Gasteiger partial charge in [-0.05, 0) is 78.0 Å². The Kier molecular flexibility index (Phi) is 10.8. The van der Waals surface area contributed by atoms with Gasteiger partial charge in [0.25, 0.3) is 0 Å². The first kappa shape index (κ1) is 32.7. The quantitative estimate of drug-likeness (QED) is 0.165. The standard InChI is InChI=1S/C44H54O2/c1-3-5-18-27-44(4-2,36-28-38(32-19-10-6-11-20-32)42(45)39(29-36)33-21-12-7-13-22-33)37-30-40(34-23-14-8-15-24-34)43(46)41(31-37)35-25-16-9-17-26-35/h6-17,19-26,36-43,45-46H,3-5,18,27-31H2,1-2H3. The number of hydrogen-bond donors (Lipinski definition) is 2. The van der Waals surface area contributed by atoms with Crippen molar-refractivity contribution in [1.82, 2.24) is 0 Å². The van der Waals surface area contributed by atoms with E-state index in [1.807, 2.05) is 0 Å². The average Bonchev–Trinajstić information content (AvgIpc) is 3.12. The third-order valence-electron chi connectivity index (χ3n) is 12.2. The first-order valence-electron chi connectivity index (χ1n) is 18.1. The highest BCUT2D eigenvalue weighted by Gasteiger charge is 2.52. The SMILES string of the molecule is CCCCCC(CC)(C1CC(c2ccccc2)C(O)C(c2ccccc2)C1)C1CC(c2ccccc2)C(O)C(c2ccccc2)C1. The van der Waals surface area contributed by atoms with Crippen LogP contribution in [0.15, 0.2) is 121 Å². The van der Waals surface area contributed by atoms with Crippen molar-refractivity contribution in [1.29, 1.82) is 0 Å². The molecule has 0 amide bonds. The molecule has 4 atom stereocenters. The summed E-state index contributed by atoms with van der Waals surface area (Å²) in [6.45, 7) is 4.77. The molecule has 0 aromatic heterocycles. The van der Waals surface area contributed by atoms with Gasteiger partial charge in [0.15, 0.2) is 0 Å². The van der Waals surface area contributed by atoms with E-state index in [0.717, 1.165) is 32.1 Å². The number of unbranched alkanes of at least 4 members (excludes halogenated alkanes) is 2. The predicted molar refractivity (Wildman–Crippen MR) is 191 cm³/mol. The summed E-state index contributed by atoms with van der Waals surface area (Å²) in [5.74, 6) is 1.36. The topological polar surface area (TPSA) is 40.5 Å². The van der Waals surface area contributed by atoms with Crippen LogP contribution in [0.2, 0.25) is 0 Å². The Morgan fingerprint density at radius 2 is 0.783 bits per heavy atom. The van der Waals surface area contributed by atoms with Crippen LogP contribution in [0.4, 0.5) is 0 Å². The molecule has 2 heteroatoms. The highest BCUT2D eigenvalue weighted by Crippen LogP contribution is 2.61. The lowest BCUT2D eigenvalue weighted by molar-refractivity contribution is -0.0569. The van der Waals surface area contributed by atoms with Crippen LogP contribution in [0.3, 0.4) is 0 Å². The van der Waals surface area contributed by atoms with Crippen molar-refractivity contribution >= 4 is 0 Å². The zero-order valence-corrected chi connectivity index (χ0v) is 27.9. The molecule has 0 heterocycles. The van der Waals surface area contributed by atoms with Crippen LogP contribution in [0.5, 0.6) is 0 Å². The van der Waals surface area contributed by atoms with Crippen molar-refractivity contribution in [2.24, 2.45) is 17.3 Å². The van der Waals surface area contributed by atoms with Crippen LogP contribution in [0, 0.1) is 17.3 Å². The largest absolute Gasteiger partial charge is 0.392 e. The van der Waals surface area contributed by atoms with Gasteiger partial charge in [0.05, 0.1) is 12.2 Å². The van der Waals surface area contributed by atoms with E-state index in [0.29, 0.717) is 11.8 Å². The maximum atomic E-state index is 12.1. The van der Waals surface area contributed by atoms with E-state index in [2.05, 4.69) is 135 Å². The molecule has 0 spiro atoms. The molecule has 242 valence electrons. The number of aliphatic hydroxyl groups excluding tert-OH is 2. The number of rotatable bonds is 11. The molecule has 0 radical (unpaired) electrons. The highest BCUT2D eigenvalue weighted by atomic mass is 16.3. The summed E-state index contributed by atoms with van der Waals surface area (Å²) in [7, 11) is 0. The Balaban J connectivity index is 1.45. The predicted octanol–water partition coefficient (Wildman–Crippen LogP) is 10.6. The molecule has 2 N–H and O–H groups in total. The summed E-state index contributed by atoms with van der Waals surface area (Å²) in [5.41, 5.74) is 5.19. The molecule has 4 aromatic carbocycles. The van der Waals surface area contributed by atoms with Crippen molar-refractivity contribution in [2.75, 3.05) is 0 Å². The van der Waals surface area contributed by atoms with Crippen molar-refractivity contribution < 1.29 is 10.2 Å². The molecule has 2 fully saturated rings. The Morgan fingerprint density at radius 3 is 1.04 bits per heavy atom. The minimum Gasteiger partial charge on any atom is -0.392 e. The summed E-state index contributed by atoms with van der Waals surface area (Å²) >= 11 is 0. The maximum absolute atomic E-state index is 12.1. The third kappa shape index (κ3) is 6.76. The second-order valence-electron chi connectivity index (χ2n) is 14.4. The smallest absolute Gasteiger partial charge is 0.0677 e. The molecule has 0 bridgehead atoms. The first-order chi connectivity index (χ1) is 22.6. The molecule has 2 saturated carbocycles. The molecule has 4 aromatic rings. The first-order valence-corrected chi connectivity index (χ1v) is 18.1. The van der Waals surface area contributed by atoms with Gasteiger partial charge in [-0.25, -0.2) is 0 Å². The monoisotopic (exact) mass is 614 g/mol. The fourth-order valence-corrected chi connectivity index (χ4v) is 9.81. The zero-order chi connectivity index (χ0) is 31.9. The van der Waals surface area contributed by atoms with E-state index >= 15 is 0 Å². The van der Waals surface area contributed by atoms with Gasteiger partial charge in [0, 0.05) is 23.7 Å². The molecule has 6 rings (SSSR count). The Hall–Kier alpha value is -3.20. The fraction of sp³-hybridized carbons (Fsp3) is 0.455. The lowest BCUT2D eigenvalue weighted by Crippen LogP contribution is -2.48. The van der Waals surface area contributed by atoms with Crippen molar-refractivity contribution in [3.63, 3.8) is 0 Å². The lowest BCUT2D eigenvalue weighted by Gasteiger charge is -2.55. The molecule has 2 aliphatic rings. The summed E-state index contributed by atoms with van der Waals surface area (Å²) in [6, 6.07) is 43.3. The molecule has 46 heavy (non-hydrogen) atoms. The summed E-state index contributed by atoms with van der Waals surface area (Å²) in [4.78, 5) is 0. The summed E-state index contributed by atoms with van der Waals surface area (Å²) < 4.78 is 0. The van der Waals surface area contributed by atoms with Crippen molar-refractivity contribution in [3.8, 4) is 0 Å².